The lowest BCUT2D eigenvalue weighted by molar-refractivity contribution is -0.136. The van der Waals surface area contributed by atoms with Gasteiger partial charge in [-0.15, -0.1) is 0 Å². The number of sulfone groups is 1. The van der Waals surface area contributed by atoms with Gasteiger partial charge in [0.25, 0.3) is 0 Å². The van der Waals surface area contributed by atoms with Crippen molar-refractivity contribution in [3.05, 3.63) is 12.2 Å². The van der Waals surface area contributed by atoms with Crippen molar-refractivity contribution in [1.29, 1.82) is 0 Å². The highest BCUT2D eigenvalue weighted by molar-refractivity contribution is 7.92. The van der Waals surface area contributed by atoms with Gasteiger partial charge in [-0.2, -0.15) is 0 Å². The van der Waals surface area contributed by atoms with Gasteiger partial charge in [-0.05, 0) is 19.3 Å². The van der Waals surface area contributed by atoms with Gasteiger partial charge in [0.05, 0.1) is 18.1 Å². The van der Waals surface area contributed by atoms with Gasteiger partial charge in [-0.25, -0.2) is 13.2 Å². The maximum atomic E-state index is 11.4. The van der Waals surface area contributed by atoms with Crippen LogP contribution in [0.2, 0.25) is 0 Å². The molecule has 1 saturated heterocycles. The monoisotopic (exact) mass is 218 g/mol. The molecule has 0 amide bonds. The van der Waals surface area contributed by atoms with Crippen molar-refractivity contribution in [2.24, 2.45) is 0 Å². The summed E-state index contributed by atoms with van der Waals surface area (Å²) in [5, 5.41) is -0.436. The van der Waals surface area contributed by atoms with Gasteiger partial charge in [0.2, 0.25) is 0 Å². The Hall–Kier alpha value is -0.840. The van der Waals surface area contributed by atoms with Crippen LogP contribution < -0.4 is 0 Å². The normalized spacial score (nSPS) is 24.5. The topological polar surface area (TPSA) is 60.4 Å². The molecule has 14 heavy (non-hydrogen) atoms. The van der Waals surface area contributed by atoms with E-state index in [2.05, 4.69) is 11.3 Å². The minimum atomic E-state index is -2.99. The minimum Gasteiger partial charge on any atom is -0.466 e. The van der Waals surface area contributed by atoms with Gasteiger partial charge in [0.1, 0.15) is 0 Å². The zero-order valence-electron chi connectivity index (χ0n) is 8.15. The standard InChI is InChI=1S/C9H14O4S/c1-7(9(10)13-2)6-8-4-3-5-14(8,11)12/h8H,1,3-6H2,2H3. The second kappa shape index (κ2) is 4.13. The summed E-state index contributed by atoms with van der Waals surface area (Å²) in [5.74, 6) is -0.293. The molecular weight excluding hydrogens is 204 g/mol. The van der Waals surface area contributed by atoms with Crippen LogP contribution in [0.1, 0.15) is 19.3 Å². The second-order valence-electron chi connectivity index (χ2n) is 3.43. The smallest absolute Gasteiger partial charge is 0.333 e. The van der Waals surface area contributed by atoms with E-state index < -0.39 is 21.1 Å². The predicted molar refractivity (Wildman–Crippen MR) is 52.6 cm³/mol. The largest absolute Gasteiger partial charge is 0.466 e. The molecule has 1 rings (SSSR count). The molecule has 0 aromatic rings. The molecule has 5 heteroatoms. The molecule has 0 radical (unpaired) electrons. The zero-order valence-corrected chi connectivity index (χ0v) is 8.97. The predicted octanol–water partition coefficient (Wildman–Crippen LogP) is 0.683. The molecule has 1 aliphatic rings. The van der Waals surface area contributed by atoms with Gasteiger partial charge in [0, 0.05) is 5.57 Å². The molecule has 80 valence electrons. The Morgan fingerprint density at radius 3 is 2.64 bits per heavy atom. The number of hydrogen-bond acceptors (Lipinski definition) is 4. The molecule has 0 N–H and O–H groups in total. The van der Waals surface area contributed by atoms with Crippen molar-refractivity contribution in [3.63, 3.8) is 0 Å². The summed E-state index contributed by atoms with van der Waals surface area (Å²) < 4.78 is 27.3. The Labute approximate surface area is 83.9 Å². The number of carbonyl (C=O) groups is 1. The maximum absolute atomic E-state index is 11.4. The molecule has 0 aromatic carbocycles. The van der Waals surface area contributed by atoms with E-state index in [1.54, 1.807) is 0 Å². The van der Waals surface area contributed by atoms with Gasteiger partial charge in [0.15, 0.2) is 9.84 Å². The van der Waals surface area contributed by atoms with E-state index in [-0.39, 0.29) is 17.7 Å². The molecule has 0 saturated carbocycles. The Morgan fingerprint density at radius 2 is 2.21 bits per heavy atom. The first kappa shape index (κ1) is 11.2. The fraction of sp³-hybridized carbons (Fsp3) is 0.667. The van der Waals surface area contributed by atoms with Crippen LogP contribution in [-0.2, 0) is 19.4 Å². The number of methoxy groups -OCH3 is 1. The molecule has 0 aliphatic carbocycles. The lowest BCUT2D eigenvalue weighted by Gasteiger charge is -2.09. The van der Waals surface area contributed by atoms with Crippen molar-refractivity contribution < 1.29 is 17.9 Å². The first-order valence-electron chi connectivity index (χ1n) is 4.45. The summed E-state index contributed by atoms with van der Waals surface area (Å²) in [6.45, 7) is 3.52. The van der Waals surface area contributed by atoms with E-state index in [0.29, 0.717) is 12.8 Å². The van der Waals surface area contributed by atoms with Crippen molar-refractivity contribution in [2.75, 3.05) is 12.9 Å². The van der Waals surface area contributed by atoms with Crippen LogP contribution >= 0.6 is 0 Å². The molecule has 0 spiro atoms. The van der Waals surface area contributed by atoms with Gasteiger partial charge in [-0.3, -0.25) is 0 Å². The number of hydrogen-bond donors (Lipinski definition) is 0. The molecule has 4 nitrogen and oxygen atoms in total. The fourth-order valence-electron chi connectivity index (χ4n) is 1.59. The van der Waals surface area contributed by atoms with Gasteiger partial charge < -0.3 is 4.74 Å². The maximum Gasteiger partial charge on any atom is 0.333 e. The van der Waals surface area contributed by atoms with E-state index in [4.69, 9.17) is 0 Å². The number of carbonyl (C=O) groups excluding carboxylic acids is 1. The van der Waals surface area contributed by atoms with Gasteiger partial charge >= 0.3 is 5.97 Å². The van der Waals surface area contributed by atoms with Crippen LogP contribution in [0.25, 0.3) is 0 Å². The lowest BCUT2D eigenvalue weighted by atomic mass is 10.1. The van der Waals surface area contributed by atoms with Crippen LogP contribution in [0.4, 0.5) is 0 Å². The summed E-state index contributed by atoms with van der Waals surface area (Å²) in [6.07, 6.45) is 1.51. The Kier molecular flexibility index (Phi) is 3.31. The first-order chi connectivity index (χ1) is 6.47. The molecule has 1 aliphatic heterocycles. The van der Waals surface area contributed by atoms with Crippen molar-refractivity contribution in [2.45, 2.75) is 24.5 Å². The molecule has 0 bridgehead atoms. The SMILES string of the molecule is C=C(CC1CCCS1(=O)=O)C(=O)OC. The molecule has 1 atom stereocenters. The Balaban J connectivity index is 2.62. The zero-order chi connectivity index (χ0) is 10.8. The summed E-state index contributed by atoms with van der Waals surface area (Å²) in [5.41, 5.74) is 0.239. The first-order valence-corrected chi connectivity index (χ1v) is 6.16. The Morgan fingerprint density at radius 1 is 1.57 bits per heavy atom. The third-order valence-electron chi connectivity index (χ3n) is 2.41. The second-order valence-corrected chi connectivity index (χ2v) is 5.83. The van der Waals surface area contributed by atoms with E-state index in [9.17, 15) is 13.2 Å². The van der Waals surface area contributed by atoms with Crippen LogP contribution in [0.5, 0.6) is 0 Å². The van der Waals surface area contributed by atoms with Gasteiger partial charge in [-0.1, -0.05) is 6.58 Å². The van der Waals surface area contributed by atoms with E-state index in [1.807, 2.05) is 0 Å². The highest BCUT2D eigenvalue weighted by Crippen LogP contribution is 2.25. The van der Waals surface area contributed by atoms with Crippen molar-refractivity contribution in [1.82, 2.24) is 0 Å². The molecule has 1 fully saturated rings. The number of rotatable bonds is 3. The van der Waals surface area contributed by atoms with Crippen LogP contribution in [-0.4, -0.2) is 32.5 Å². The minimum absolute atomic E-state index is 0.203. The summed E-state index contributed by atoms with van der Waals surface area (Å²) in [4.78, 5) is 11.0. The van der Waals surface area contributed by atoms with E-state index in [1.165, 1.54) is 7.11 Å². The molecule has 0 aromatic heterocycles. The van der Waals surface area contributed by atoms with Crippen molar-refractivity contribution in [3.8, 4) is 0 Å². The third kappa shape index (κ3) is 2.35. The fourth-order valence-corrected chi connectivity index (χ4v) is 3.47. The lowest BCUT2D eigenvalue weighted by Crippen LogP contribution is -2.19. The highest BCUT2D eigenvalue weighted by Gasteiger charge is 2.32. The Bertz CT molecular complexity index is 342. The number of esters is 1. The summed E-state index contributed by atoms with van der Waals surface area (Å²) in [7, 11) is -1.73. The van der Waals surface area contributed by atoms with E-state index in [0.717, 1.165) is 0 Å². The summed E-state index contributed by atoms with van der Waals surface area (Å²) in [6, 6.07) is 0. The van der Waals surface area contributed by atoms with Crippen molar-refractivity contribution >= 4 is 15.8 Å². The molecule has 1 heterocycles. The molecular formula is C9H14O4S. The van der Waals surface area contributed by atoms with Crippen LogP contribution in [0.15, 0.2) is 12.2 Å². The highest BCUT2D eigenvalue weighted by atomic mass is 32.2. The van der Waals surface area contributed by atoms with Crippen LogP contribution in [0.3, 0.4) is 0 Å². The molecule has 1 unspecified atom stereocenters. The van der Waals surface area contributed by atoms with E-state index >= 15 is 0 Å². The quantitative estimate of drug-likeness (QED) is 0.516. The summed E-state index contributed by atoms with van der Waals surface area (Å²) >= 11 is 0. The average Bonchev–Trinajstić information content (AvgIpc) is 2.44. The van der Waals surface area contributed by atoms with Crippen LogP contribution in [0, 0.1) is 0 Å². The third-order valence-corrected chi connectivity index (χ3v) is 4.69. The number of ether oxygens (including phenoxy) is 1. The average molecular weight is 218 g/mol.